The molecule has 0 radical (unpaired) electrons. The quantitative estimate of drug-likeness (QED) is 0.514. The minimum absolute atomic E-state index is 0.0947. The second-order valence-corrected chi connectivity index (χ2v) is 4.63. The Morgan fingerprint density at radius 1 is 1.14 bits per heavy atom. The van der Waals surface area contributed by atoms with E-state index in [1.54, 1.807) is 19.9 Å². The molecule has 0 aromatic carbocycles. The molecule has 21 heavy (non-hydrogen) atoms. The van der Waals surface area contributed by atoms with Crippen LogP contribution in [0.2, 0.25) is 0 Å². The fraction of sp³-hybridized carbons (Fsp3) is 0.600. The summed E-state index contributed by atoms with van der Waals surface area (Å²) in [5.41, 5.74) is 0.732. The highest BCUT2D eigenvalue weighted by atomic mass is 16.5. The number of hydrogen-bond donors (Lipinski definition) is 0. The van der Waals surface area contributed by atoms with E-state index in [2.05, 4.69) is 9.97 Å². The van der Waals surface area contributed by atoms with Gasteiger partial charge in [0.15, 0.2) is 0 Å². The van der Waals surface area contributed by atoms with Crippen LogP contribution in [0.15, 0.2) is 12.3 Å². The molecule has 0 unspecified atom stereocenters. The van der Waals surface area contributed by atoms with E-state index in [0.717, 1.165) is 31.4 Å². The molecule has 0 bridgehead atoms. The molecule has 0 aliphatic carbocycles. The van der Waals surface area contributed by atoms with Crippen molar-refractivity contribution in [2.24, 2.45) is 0 Å². The van der Waals surface area contributed by atoms with Gasteiger partial charge in [-0.3, -0.25) is 4.79 Å². The SMILES string of the molecule is CCOC(=O)CCCCCCOC(=O)c1nccc(C)n1. The van der Waals surface area contributed by atoms with Gasteiger partial charge in [-0.05, 0) is 32.8 Å². The van der Waals surface area contributed by atoms with Crippen LogP contribution in [0.5, 0.6) is 0 Å². The largest absolute Gasteiger partial charge is 0.466 e. The van der Waals surface area contributed by atoms with Crippen molar-refractivity contribution >= 4 is 11.9 Å². The summed E-state index contributed by atoms with van der Waals surface area (Å²) < 4.78 is 9.93. The zero-order valence-corrected chi connectivity index (χ0v) is 12.6. The third-order valence-corrected chi connectivity index (χ3v) is 2.79. The number of esters is 2. The highest BCUT2D eigenvalue weighted by molar-refractivity contribution is 5.85. The van der Waals surface area contributed by atoms with Gasteiger partial charge in [-0.25, -0.2) is 14.8 Å². The van der Waals surface area contributed by atoms with Gasteiger partial charge in [0.2, 0.25) is 5.82 Å². The molecule has 6 nitrogen and oxygen atoms in total. The Hall–Kier alpha value is -1.98. The molecular weight excluding hydrogens is 272 g/mol. The molecule has 1 aromatic heterocycles. The lowest BCUT2D eigenvalue weighted by Crippen LogP contribution is -2.11. The topological polar surface area (TPSA) is 78.4 Å². The van der Waals surface area contributed by atoms with Crippen LogP contribution < -0.4 is 0 Å². The van der Waals surface area contributed by atoms with Gasteiger partial charge in [0.05, 0.1) is 13.2 Å². The normalized spacial score (nSPS) is 10.2. The predicted molar refractivity (Wildman–Crippen MR) is 76.8 cm³/mol. The summed E-state index contributed by atoms with van der Waals surface area (Å²) >= 11 is 0. The Bertz CT molecular complexity index is 463. The summed E-state index contributed by atoms with van der Waals surface area (Å²) in [5, 5.41) is 0. The van der Waals surface area contributed by atoms with Crippen molar-refractivity contribution in [1.82, 2.24) is 9.97 Å². The first-order chi connectivity index (χ1) is 10.1. The van der Waals surface area contributed by atoms with Crippen LogP contribution in [-0.2, 0) is 14.3 Å². The highest BCUT2D eigenvalue weighted by Gasteiger charge is 2.10. The van der Waals surface area contributed by atoms with Crippen LogP contribution >= 0.6 is 0 Å². The van der Waals surface area contributed by atoms with Crippen LogP contribution in [0.1, 0.15) is 55.3 Å². The molecular formula is C15H22N2O4. The van der Waals surface area contributed by atoms with Crippen molar-refractivity contribution < 1.29 is 19.1 Å². The Morgan fingerprint density at radius 2 is 1.90 bits per heavy atom. The van der Waals surface area contributed by atoms with E-state index in [0.29, 0.717) is 19.6 Å². The molecule has 1 rings (SSSR count). The average molecular weight is 294 g/mol. The van der Waals surface area contributed by atoms with Gasteiger partial charge in [-0.1, -0.05) is 12.8 Å². The van der Waals surface area contributed by atoms with E-state index in [9.17, 15) is 9.59 Å². The van der Waals surface area contributed by atoms with Gasteiger partial charge in [-0.2, -0.15) is 0 Å². The summed E-state index contributed by atoms with van der Waals surface area (Å²) in [7, 11) is 0. The van der Waals surface area contributed by atoms with Crippen LogP contribution in [0.25, 0.3) is 0 Å². The van der Waals surface area contributed by atoms with E-state index in [1.165, 1.54) is 6.20 Å². The third kappa shape index (κ3) is 7.39. The van der Waals surface area contributed by atoms with Crippen LogP contribution in [-0.4, -0.2) is 35.1 Å². The van der Waals surface area contributed by atoms with E-state index >= 15 is 0 Å². The zero-order valence-electron chi connectivity index (χ0n) is 12.6. The molecule has 1 aromatic rings. The first-order valence-electron chi connectivity index (χ1n) is 7.26. The minimum Gasteiger partial charge on any atom is -0.466 e. The first-order valence-corrected chi connectivity index (χ1v) is 7.26. The number of carbonyl (C=O) groups is 2. The fourth-order valence-electron chi connectivity index (χ4n) is 1.73. The van der Waals surface area contributed by atoms with Crippen molar-refractivity contribution in [3.63, 3.8) is 0 Å². The van der Waals surface area contributed by atoms with Gasteiger partial charge in [0.25, 0.3) is 0 Å². The minimum atomic E-state index is -0.495. The summed E-state index contributed by atoms with van der Waals surface area (Å²) in [4.78, 5) is 30.6. The Morgan fingerprint density at radius 3 is 2.62 bits per heavy atom. The van der Waals surface area contributed by atoms with Gasteiger partial charge in [-0.15, -0.1) is 0 Å². The number of carbonyl (C=O) groups excluding carboxylic acids is 2. The van der Waals surface area contributed by atoms with Crippen molar-refractivity contribution in [2.45, 2.75) is 46.0 Å². The van der Waals surface area contributed by atoms with Crippen LogP contribution in [0.4, 0.5) is 0 Å². The predicted octanol–water partition coefficient (Wildman–Crippen LogP) is 2.46. The number of hydrogen-bond acceptors (Lipinski definition) is 6. The second kappa shape index (κ2) is 9.85. The van der Waals surface area contributed by atoms with Crippen molar-refractivity contribution in [3.8, 4) is 0 Å². The van der Waals surface area contributed by atoms with E-state index in [4.69, 9.17) is 9.47 Å². The van der Waals surface area contributed by atoms with Crippen molar-refractivity contribution in [3.05, 3.63) is 23.8 Å². The lowest BCUT2D eigenvalue weighted by molar-refractivity contribution is -0.143. The summed E-state index contributed by atoms with van der Waals surface area (Å²) in [5.74, 6) is -0.553. The molecule has 0 saturated carbocycles. The standard InChI is InChI=1S/C15H22N2O4/c1-3-20-13(18)8-6-4-5-7-11-21-15(19)14-16-10-9-12(2)17-14/h9-10H,3-8,11H2,1-2H3. The third-order valence-electron chi connectivity index (χ3n) is 2.79. The monoisotopic (exact) mass is 294 g/mol. The van der Waals surface area contributed by atoms with Crippen LogP contribution in [0.3, 0.4) is 0 Å². The number of aromatic nitrogens is 2. The van der Waals surface area contributed by atoms with E-state index in [1.807, 2.05) is 0 Å². The van der Waals surface area contributed by atoms with Crippen LogP contribution in [0, 0.1) is 6.92 Å². The first kappa shape index (κ1) is 17.1. The lowest BCUT2D eigenvalue weighted by atomic mass is 10.1. The van der Waals surface area contributed by atoms with Gasteiger partial charge >= 0.3 is 11.9 Å². The maximum atomic E-state index is 11.6. The molecule has 0 aliphatic heterocycles. The molecule has 0 fully saturated rings. The number of aryl methyl sites for hydroxylation is 1. The second-order valence-electron chi connectivity index (χ2n) is 4.63. The molecule has 0 atom stereocenters. The summed E-state index contributed by atoms with van der Waals surface area (Å²) in [6.45, 7) is 4.36. The van der Waals surface area contributed by atoms with E-state index < -0.39 is 5.97 Å². The summed E-state index contributed by atoms with van der Waals surface area (Å²) in [6.07, 6.45) is 5.37. The molecule has 6 heteroatoms. The maximum absolute atomic E-state index is 11.6. The molecule has 0 aliphatic rings. The zero-order chi connectivity index (χ0) is 15.5. The number of nitrogens with zero attached hydrogens (tertiary/aromatic N) is 2. The number of unbranched alkanes of at least 4 members (excludes halogenated alkanes) is 3. The molecule has 116 valence electrons. The maximum Gasteiger partial charge on any atom is 0.376 e. The van der Waals surface area contributed by atoms with Crippen molar-refractivity contribution in [1.29, 1.82) is 0 Å². The molecule has 0 N–H and O–H groups in total. The van der Waals surface area contributed by atoms with Gasteiger partial charge < -0.3 is 9.47 Å². The Labute approximate surface area is 124 Å². The summed E-state index contributed by atoms with van der Waals surface area (Å²) in [6, 6.07) is 1.72. The molecule has 1 heterocycles. The Kier molecular flexibility index (Phi) is 8.01. The number of rotatable bonds is 9. The average Bonchev–Trinajstić information content (AvgIpc) is 2.46. The lowest BCUT2D eigenvalue weighted by Gasteiger charge is -2.04. The molecule has 0 saturated heterocycles. The fourth-order valence-corrected chi connectivity index (χ4v) is 1.73. The van der Waals surface area contributed by atoms with Crippen molar-refractivity contribution in [2.75, 3.05) is 13.2 Å². The smallest absolute Gasteiger partial charge is 0.376 e. The molecule has 0 spiro atoms. The highest BCUT2D eigenvalue weighted by Crippen LogP contribution is 2.05. The Balaban J connectivity index is 2.06. The van der Waals surface area contributed by atoms with Gasteiger partial charge in [0.1, 0.15) is 0 Å². The number of ether oxygens (including phenoxy) is 2. The van der Waals surface area contributed by atoms with Gasteiger partial charge in [0, 0.05) is 18.3 Å². The molecule has 0 amide bonds. The van der Waals surface area contributed by atoms with E-state index in [-0.39, 0.29) is 11.8 Å².